The van der Waals surface area contributed by atoms with Gasteiger partial charge in [0.25, 0.3) is 0 Å². The Balaban J connectivity index is 3.41. The van der Waals surface area contributed by atoms with E-state index in [1.54, 1.807) is 6.08 Å². The van der Waals surface area contributed by atoms with Gasteiger partial charge < -0.3 is 5.11 Å². The average molecular weight is 170 g/mol. The number of rotatable bonds is 6. The smallest absolute Gasteiger partial charge is 0.162 e. The Kier molecular flexibility index (Phi) is 6.67. The van der Waals surface area contributed by atoms with Crippen molar-refractivity contribution in [3.63, 3.8) is 0 Å². The molecule has 0 spiro atoms. The van der Waals surface area contributed by atoms with E-state index in [1.807, 2.05) is 6.08 Å². The van der Waals surface area contributed by atoms with Crippen LogP contribution >= 0.6 is 0 Å². The zero-order chi connectivity index (χ0) is 9.40. The van der Waals surface area contributed by atoms with Crippen LogP contribution in [-0.4, -0.2) is 17.0 Å². The molecule has 2 heteroatoms. The fourth-order valence-corrected chi connectivity index (χ4v) is 0.873. The van der Waals surface area contributed by atoms with E-state index in [9.17, 15) is 4.79 Å². The van der Waals surface area contributed by atoms with Gasteiger partial charge in [-0.15, -0.1) is 0 Å². The van der Waals surface area contributed by atoms with Crippen molar-refractivity contribution in [3.8, 4) is 0 Å². The second-order valence-corrected chi connectivity index (χ2v) is 2.98. The SMILES string of the molecule is CCCCC/C=C/C(O)C(C)=O. The zero-order valence-corrected chi connectivity index (χ0v) is 7.92. The van der Waals surface area contributed by atoms with Gasteiger partial charge in [-0.2, -0.15) is 0 Å². The summed E-state index contributed by atoms with van der Waals surface area (Å²) in [6.07, 6.45) is 7.05. The van der Waals surface area contributed by atoms with Gasteiger partial charge in [0.1, 0.15) is 6.10 Å². The summed E-state index contributed by atoms with van der Waals surface area (Å²) in [5, 5.41) is 9.05. The minimum atomic E-state index is -0.897. The highest BCUT2D eigenvalue weighted by molar-refractivity contribution is 5.81. The van der Waals surface area contributed by atoms with Gasteiger partial charge in [-0.3, -0.25) is 4.79 Å². The molecule has 1 atom stereocenters. The van der Waals surface area contributed by atoms with Crippen LogP contribution in [-0.2, 0) is 4.79 Å². The second kappa shape index (κ2) is 7.04. The van der Waals surface area contributed by atoms with Crippen LogP contribution in [0.5, 0.6) is 0 Å². The molecule has 0 aliphatic carbocycles. The Labute approximate surface area is 74.3 Å². The monoisotopic (exact) mass is 170 g/mol. The van der Waals surface area contributed by atoms with Crippen LogP contribution in [0, 0.1) is 0 Å². The van der Waals surface area contributed by atoms with Gasteiger partial charge >= 0.3 is 0 Å². The molecule has 0 aliphatic heterocycles. The quantitative estimate of drug-likeness (QED) is 0.489. The standard InChI is InChI=1S/C10H18O2/c1-3-4-5-6-7-8-10(12)9(2)11/h7-8,10,12H,3-6H2,1-2H3/b8-7+. The summed E-state index contributed by atoms with van der Waals surface area (Å²) in [4.78, 5) is 10.6. The first-order chi connectivity index (χ1) is 5.68. The molecular formula is C10H18O2. The highest BCUT2D eigenvalue weighted by Gasteiger charge is 2.02. The second-order valence-electron chi connectivity index (χ2n) is 2.98. The van der Waals surface area contributed by atoms with Gasteiger partial charge in [0.05, 0.1) is 0 Å². The number of unbranched alkanes of at least 4 members (excludes halogenated alkanes) is 3. The Morgan fingerprint density at radius 3 is 2.67 bits per heavy atom. The summed E-state index contributed by atoms with van der Waals surface area (Å²) in [6.45, 7) is 3.54. The number of Topliss-reactive ketones (excluding diaryl/α,β-unsaturated/α-hetero) is 1. The number of carbonyl (C=O) groups excluding carboxylic acids is 1. The normalized spacial score (nSPS) is 13.6. The molecule has 12 heavy (non-hydrogen) atoms. The minimum absolute atomic E-state index is 0.193. The number of carbonyl (C=O) groups is 1. The van der Waals surface area contributed by atoms with E-state index in [0.29, 0.717) is 0 Å². The van der Waals surface area contributed by atoms with Crippen LogP contribution in [0.3, 0.4) is 0 Å². The summed E-state index contributed by atoms with van der Waals surface area (Å²) in [5.74, 6) is -0.193. The third-order valence-electron chi connectivity index (χ3n) is 1.71. The van der Waals surface area contributed by atoms with E-state index < -0.39 is 6.10 Å². The van der Waals surface area contributed by atoms with E-state index in [0.717, 1.165) is 12.8 Å². The minimum Gasteiger partial charge on any atom is -0.381 e. The lowest BCUT2D eigenvalue weighted by Gasteiger charge is -1.97. The predicted molar refractivity (Wildman–Crippen MR) is 50.0 cm³/mol. The first-order valence-corrected chi connectivity index (χ1v) is 4.53. The molecule has 0 saturated carbocycles. The van der Waals surface area contributed by atoms with Crippen LogP contribution < -0.4 is 0 Å². The van der Waals surface area contributed by atoms with Crippen LogP contribution in [0.15, 0.2) is 12.2 Å². The van der Waals surface area contributed by atoms with E-state index in [1.165, 1.54) is 19.8 Å². The average Bonchev–Trinajstić information content (AvgIpc) is 2.03. The Morgan fingerprint density at radius 1 is 1.50 bits per heavy atom. The number of aliphatic hydroxyl groups excluding tert-OH is 1. The largest absolute Gasteiger partial charge is 0.381 e. The summed E-state index contributed by atoms with van der Waals surface area (Å²) in [6, 6.07) is 0. The van der Waals surface area contributed by atoms with E-state index in [2.05, 4.69) is 6.92 Å². The molecule has 0 aliphatic rings. The van der Waals surface area contributed by atoms with Gasteiger partial charge in [-0.25, -0.2) is 0 Å². The molecule has 0 saturated heterocycles. The summed E-state index contributed by atoms with van der Waals surface area (Å²) < 4.78 is 0. The molecule has 70 valence electrons. The molecule has 0 amide bonds. The van der Waals surface area contributed by atoms with Crippen molar-refractivity contribution in [2.45, 2.75) is 45.6 Å². The van der Waals surface area contributed by atoms with Crippen molar-refractivity contribution in [3.05, 3.63) is 12.2 Å². The molecule has 0 aromatic heterocycles. The van der Waals surface area contributed by atoms with Crippen LogP contribution in [0.1, 0.15) is 39.5 Å². The molecule has 2 nitrogen and oxygen atoms in total. The first kappa shape index (κ1) is 11.4. The first-order valence-electron chi connectivity index (χ1n) is 4.53. The lowest BCUT2D eigenvalue weighted by Crippen LogP contribution is -2.12. The van der Waals surface area contributed by atoms with Gasteiger partial charge in [-0.1, -0.05) is 31.9 Å². The van der Waals surface area contributed by atoms with Gasteiger partial charge in [0, 0.05) is 0 Å². The third-order valence-corrected chi connectivity index (χ3v) is 1.71. The molecule has 0 rings (SSSR count). The Morgan fingerprint density at radius 2 is 2.17 bits per heavy atom. The van der Waals surface area contributed by atoms with Gasteiger partial charge in [0.15, 0.2) is 5.78 Å². The van der Waals surface area contributed by atoms with E-state index in [4.69, 9.17) is 5.11 Å². The van der Waals surface area contributed by atoms with Crippen molar-refractivity contribution in [2.75, 3.05) is 0 Å². The van der Waals surface area contributed by atoms with Gasteiger partial charge in [0.2, 0.25) is 0 Å². The third kappa shape index (κ3) is 6.10. The Bertz CT molecular complexity index is 150. The molecule has 0 fully saturated rings. The molecular weight excluding hydrogens is 152 g/mol. The van der Waals surface area contributed by atoms with Crippen LogP contribution in [0.4, 0.5) is 0 Å². The molecule has 1 unspecified atom stereocenters. The number of aliphatic hydroxyl groups is 1. The molecule has 0 aromatic rings. The summed E-state index contributed by atoms with van der Waals surface area (Å²) in [7, 11) is 0. The highest BCUT2D eigenvalue weighted by Crippen LogP contribution is 2.00. The van der Waals surface area contributed by atoms with Crippen molar-refractivity contribution < 1.29 is 9.90 Å². The van der Waals surface area contributed by atoms with Crippen LogP contribution in [0.25, 0.3) is 0 Å². The van der Waals surface area contributed by atoms with Crippen molar-refractivity contribution in [1.29, 1.82) is 0 Å². The van der Waals surface area contributed by atoms with Crippen molar-refractivity contribution >= 4 is 5.78 Å². The topological polar surface area (TPSA) is 37.3 Å². The maximum absolute atomic E-state index is 10.6. The van der Waals surface area contributed by atoms with E-state index in [-0.39, 0.29) is 5.78 Å². The van der Waals surface area contributed by atoms with Crippen molar-refractivity contribution in [2.24, 2.45) is 0 Å². The number of hydrogen-bond acceptors (Lipinski definition) is 2. The van der Waals surface area contributed by atoms with Gasteiger partial charge in [-0.05, 0) is 19.8 Å². The summed E-state index contributed by atoms with van der Waals surface area (Å²) in [5.41, 5.74) is 0. The maximum atomic E-state index is 10.6. The maximum Gasteiger partial charge on any atom is 0.162 e. The fraction of sp³-hybridized carbons (Fsp3) is 0.700. The van der Waals surface area contributed by atoms with E-state index >= 15 is 0 Å². The molecule has 0 bridgehead atoms. The molecule has 0 heterocycles. The van der Waals surface area contributed by atoms with Crippen LogP contribution in [0.2, 0.25) is 0 Å². The van der Waals surface area contributed by atoms with Crippen molar-refractivity contribution in [1.82, 2.24) is 0 Å². The number of allylic oxidation sites excluding steroid dienone is 1. The summed E-state index contributed by atoms with van der Waals surface area (Å²) >= 11 is 0. The molecule has 0 radical (unpaired) electrons. The Hall–Kier alpha value is -0.630. The highest BCUT2D eigenvalue weighted by atomic mass is 16.3. The number of ketones is 1. The number of hydrogen-bond donors (Lipinski definition) is 1. The molecule has 0 aromatic carbocycles. The molecule has 1 N–H and O–H groups in total. The predicted octanol–water partition coefficient (Wildman–Crippen LogP) is 2.07. The lowest BCUT2D eigenvalue weighted by atomic mass is 10.1. The fourth-order valence-electron chi connectivity index (χ4n) is 0.873. The lowest BCUT2D eigenvalue weighted by molar-refractivity contribution is -0.122. The zero-order valence-electron chi connectivity index (χ0n) is 7.92.